The summed E-state index contributed by atoms with van der Waals surface area (Å²) in [7, 11) is 0. The minimum absolute atomic E-state index is 0.282. The molecule has 6 heteroatoms. The minimum Gasteiger partial charge on any atom is -0.481 e. The molecule has 0 bridgehead atoms. The highest BCUT2D eigenvalue weighted by molar-refractivity contribution is 5.70. The van der Waals surface area contributed by atoms with Crippen molar-refractivity contribution in [3.63, 3.8) is 0 Å². The molecule has 3 rings (SSSR count). The molecule has 2 aromatic rings. The molecule has 1 unspecified atom stereocenters. The van der Waals surface area contributed by atoms with Gasteiger partial charge in [0.05, 0.1) is 12.5 Å². The fraction of sp³-hybridized carbons (Fsp3) is 0.357. The highest BCUT2D eigenvalue weighted by atomic mass is 16.5. The monoisotopic (exact) mass is 273 g/mol. The second-order valence-corrected chi connectivity index (χ2v) is 4.94. The maximum absolute atomic E-state index is 10.9. The van der Waals surface area contributed by atoms with E-state index in [-0.39, 0.29) is 5.92 Å². The topological polar surface area (TPSA) is 79.5 Å². The summed E-state index contributed by atoms with van der Waals surface area (Å²) in [4.78, 5) is 17.3. The van der Waals surface area contributed by atoms with Crippen LogP contribution in [0.5, 0.6) is 0 Å². The average molecular weight is 273 g/mol. The summed E-state index contributed by atoms with van der Waals surface area (Å²) in [5.74, 6) is 0.0746. The number of carboxylic acid groups (broad SMARTS) is 1. The van der Waals surface area contributed by atoms with Gasteiger partial charge in [-0.1, -0.05) is 23.4 Å². The molecule has 1 N–H and O–H groups in total. The zero-order chi connectivity index (χ0) is 13.9. The number of aromatic nitrogens is 2. The van der Waals surface area contributed by atoms with Crippen LogP contribution in [0.25, 0.3) is 11.5 Å². The minimum atomic E-state index is -0.731. The largest absolute Gasteiger partial charge is 0.481 e. The Labute approximate surface area is 116 Å². The van der Waals surface area contributed by atoms with Crippen LogP contribution in [0.4, 0.5) is 0 Å². The highest BCUT2D eigenvalue weighted by Gasteiger charge is 2.28. The van der Waals surface area contributed by atoms with E-state index >= 15 is 0 Å². The SMILES string of the molecule is O=C(O)C1CCN(Cc2noc(-c3ccccc3)n2)C1. The molecule has 104 valence electrons. The van der Waals surface area contributed by atoms with E-state index in [9.17, 15) is 4.79 Å². The normalized spacial score (nSPS) is 19.3. The number of aliphatic carboxylic acids is 1. The van der Waals surface area contributed by atoms with Crippen molar-refractivity contribution in [1.29, 1.82) is 0 Å². The quantitative estimate of drug-likeness (QED) is 0.912. The molecular weight excluding hydrogens is 258 g/mol. The Morgan fingerprint density at radius 1 is 1.40 bits per heavy atom. The predicted molar refractivity (Wildman–Crippen MR) is 70.8 cm³/mol. The molecule has 1 aromatic carbocycles. The number of carbonyl (C=O) groups is 1. The van der Waals surface area contributed by atoms with Crippen molar-refractivity contribution in [2.75, 3.05) is 13.1 Å². The predicted octanol–water partition coefficient (Wildman–Crippen LogP) is 1.64. The lowest BCUT2D eigenvalue weighted by atomic mass is 10.1. The molecule has 0 spiro atoms. The maximum atomic E-state index is 10.9. The van der Waals surface area contributed by atoms with Gasteiger partial charge in [-0.15, -0.1) is 0 Å². The van der Waals surface area contributed by atoms with Crippen LogP contribution in [-0.2, 0) is 11.3 Å². The number of nitrogens with zero attached hydrogens (tertiary/aromatic N) is 3. The molecule has 0 aliphatic carbocycles. The maximum Gasteiger partial charge on any atom is 0.307 e. The van der Waals surface area contributed by atoms with Gasteiger partial charge in [-0.05, 0) is 25.1 Å². The Bertz CT molecular complexity index is 597. The molecule has 1 aliphatic rings. The third-order valence-electron chi connectivity index (χ3n) is 3.48. The van der Waals surface area contributed by atoms with Gasteiger partial charge in [0.25, 0.3) is 5.89 Å². The summed E-state index contributed by atoms with van der Waals surface area (Å²) in [6.45, 7) is 1.83. The number of hydrogen-bond acceptors (Lipinski definition) is 5. The van der Waals surface area contributed by atoms with Gasteiger partial charge in [0.15, 0.2) is 5.82 Å². The zero-order valence-electron chi connectivity index (χ0n) is 10.9. The molecule has 1 aliphatic heterocycles. The fourth-order valence-electron chi connectivity index (χ4n) is 2.39. The van der Waals surface area contributed by atoms with Gasteiger partial charge in [-0.3, -0.25) is 9.69 Å². The third kappa shape index (κ3) is 2.70. The van der Waals surface area contributed by atoms with E-state index in [2.05, 4.69) is 10.1 Å². The molecule has 1 fully saturated rings. The summed E-state index contributed by atoms with van der Waals surface area (Å²) in [6, 6.07) is 9.58. The van der Waals surface area contributed by atoms with Crippen LogP contribution in [-0.4, -0.2) is 39.2 Å². The standard InChI is InChI=1S/C14H15N3O3/c18-14(19)11-6-7-17(8-11)9-12-15-13(20-16-12)10-4-2-1-3-5-10/h1-5,11H,6-9H2,(H,18,19). The van der Waals surface area contributed by atoms with Crippen LogP contribution in [0.2, 0.25) is 0 Å². The molecule has 1 atom stereocenters. The van der Waals surface area contributed by atoms with E-state index in [4.69, 9.17) is 9.63 Å². The number of likely N-dealkylation sites (tertiary alicyclic amines) is 1. The van der Waals surface area contributed by atoms with Crippen LogP contribution < -0.4 is 0 Å². The second-order valence-electron chi connectivity index (χ2n) is 4.94. The number of hydrogen-bond donors (Lipinski definition) is 1. The molecule has 6 nitrogen and oxygen atoms in total. The molecule has 0 amide bonds. The van der Waals surface area contributed by atoms with Crippen LogP contribution >= 0.6 is 0 Å². The van der Waals surface area contributed by atoms with Gasteiger partial charge in [0.2, 0.25) is 0 Å². The van der Waals surface area contributed by atoms with Crippen molar-refractivity contribution in [3.05, 3.63) is 36.2 Å². The first-order chi connectivity index (χ1) is 9.72. The first-order valence-corrected chi connectivity index (χ1v) is 6.55. The first-order valence-electron chi connectivity index (χ1n) is 6.55. The van der Waals surface area contributed by atoms with Crippen molar-refractivity contribution in [3.8, 4) is 11.5 Å². The van der Waals surface area contributed by atoms with Crippen molar-refractivity contribution in [1.82, 2.24) is 15.0 Å². The third-order valence-corrected chi connectivity index (χ3v) is 3.48. The number of rotatable bonds is 4. The zero-order valence-corrected chi connectivity index (χ0v) is 10.9. The number of carboxylic acids is 1. The van der Waals surface area contributed by atoms with E-state index in [1.165, 1.54) is 0 Å². The highest BCUT2D eigenvalue weighted by Crippen LogP contribution is 2.20. The molecule has 1 aromatic heterocycles. The van der Waals surface area contributed by atoms with Gasteiger partial charge >= 0.3 is 5.97 Å². The van der Waals surface area contributed by atoms with E-state index in [1.54, 1.807) is 0 Å². The van der Waals surface area contributed by atoms with E-state index in [0.717, 1.165) is 12.1 Å². The van der Waals surface area contributed by atoms with Gasteiger partial charge < -0.3 is 9.63 Å². The van der Waals surface area contributed by atoms with Crippen molar-refractivity contribution in [2.24, 2.45) is 5.92 Å². The first kappa shape index (κ1) is 12.8. The van der Waals surface area contributed by atoms with Crippen LogP contribution in [0.3, 0.4) is 0 Å². The lowest BCUT2D eigenvalue weighted by molar-refractivity contribution is -0.141. The smallest absolute Gasteiger partial charge is 0.307 e. The Morgan fingerprint density at radius 3 is 2.90 bits per heavy atom. The molecular formula is C14H15N3O3. The molecule has 1 saturated heterocycles. The Balaban J connectivity index is 1.65. The van der Waals surface area contributed by atoms with Crippen LogP contribution in [0.15, 0.2) is 34.9 Å². The lowest BCUT2D eigenvalue weighted by Crippen LogP contribution is -2.23. The fourth-order valence-corrected chi connectivity index (χ4v) is 2.39. The Morgan fingerprint density at radius 2 is 2.20 bits per heavy atom. The summed E-state index contributed by atoms with van der Waals surface area (Å²) in [5, 5.41) is 12.9. The summed E-state index contributed by atoms with van der Waals surface area (Å²) < 4.78 is 5.23. The van der Waals surface area contributed by atoms with Gasteiger partial charge in [-0.25, -0.2) is 0 Å². The van der Waals surface area contributed by atoms with Crippen molar-refractivity contribution >= 4 is 5.97 Å². The van der Waals surface area contributed by atoms with Crippen molar-refractivity contribution < 1.29 is 14.4 Å². The molecule has 20 heavy (non-hydrogen) atoms. The van der Waals surface area contributed by atoms with Gasteiger partial charge in [0.1, 0.15) is 0 Å². The molecule has 0 saturated carbocycles. The summed E-state index contributed by atoms with van der Waals surface area (Å²) >= 11 is 0. The van der Waals surface area contributed by atoms with Crippen molar-refractivity contribution in [2.45, 2.75) is 13.0 Å². The Kier molecular flexibility index (Phi) is 3.47. The lowest BCUT2D eigenvalue weighted by Gasteiger charge is -2.11. The summed E-state index contributed by atoms with van der Waals surface area (Å²) in [5.41, 5.74) is 0.885. The van der Waals surface area contributed by atoms with E-state index in [0.29, 0.717) is 31.2 Å². The van der Waals surface area contributed by atoms with Crippen LogP contribution in [0.1, 0.15) is 12.2 Å². The number of benzene rings is 1. The van der Waals surface area contributed by atoms with Gasteiger partial charge in [0, 0.05) is 12.1 Å². The molecule has 0 radical (unpaired) electrons. The Hall–Kier alpha value is -2.21. The van der Waals surface area contributed by atoms with E-state index < -0.39 is 5.97 Å². The van der Waals surface area contributed by atoms with Gasteiger partial charge in [-0.2, -0.15) is 4.98 Å². The summed E-state index contributed by atoms with van der Waals surface area (Å²) in [6.07, 6.45) is 0.679. The molecule has 2 heterocycles. The van der Waals surface area contributed by atoms with E-state index in [1.807, 2.05) is 35.2 Å². The average Bonchev–Trinajstić information content (AvgIpc) is 3.10. The second kappa shape index (κ2) is 5.42. The van der Waals surface area contributed by atoms with Crippen LogP contribution in [0, 0.1) is 5.92 Å².